The number of rotatable bonds is 6. The number of anilines is 2. The van der Waals surface area contributed by atoms with Crippen LogP contribution in [0.1, 0.15) is 30.5 Å². The summed E-state index contributed by atoms with van der Waals surface area (Å²) in [7, 11) is 3.81. The van der Waals surface area contributed by atoms with E-state index in [-0.39, 0.29) is 12.6 Å². The predicted octanol–water partition coefficient (Wildman–Crippen LogP) is 2.51. The molecule has 0 spiro atoms. The zero-order valence-electron chi connectivity index (χ0n) is 16.5. The van der Waals surface area contributed by atoms with Crippen LogP contribution in [0.15, 0.2) is 24.5 Å². The van der Waals surface area contributed by atoms with E-state index in [1.165, 1.54) is 11.1 Å². The predicted molar refractivity (Wildman–Crippen MR) is 108 cm³/mol. The van der Waals surface area contributed by atoms with Crippen LogP contribution in [0.4, 0.5) is 11.6 Å². The maximum absolute atomic E-state index is 9.23. The van der Waals surface area contributed by atoms with Crippen molar-refractivity contribution in [2.45, 2.75) is 32.4 Å². The van der Waals surface area contributed by atoms with Crippen molar-refractivity contribution in [3.63, 3.8) is 0 Å². The second kappa shape index (κ2) is 7.73. The SMILES string of the molecule is COc1cc2c(cc1Nc1ncc3cnn(C(C)CCO)c3n1)CN(C)CC2. The monoisotopic (exact) mass is 382 g/mol. The van der Waals surface area contributed by atoms with E-state index in [0.717, 1.165) is 42.0 Å². The van der Waals surface area contributed by atoms with Gasteiger partial charge in [-0.05, 0) is 50.1 Å². The molecule has 4 rings (SSSR count). The summed E-state index contributed by atoms with van der Waals surface area (Å²) < 4.78 is 7.43. The number of aliphatic hydroxyl groups is 1. The van der Waals surface area contributed by atoms with Gasteiger partial charge in [0.1, 0.15) is 5.75 Å². The minimum absolute atomic E-state index is 0.0547. The number of hydrogen-bond acceptors (Lipinski definition) is 7. The van der Waals surface area contributed by atoms with Gasteiger partial charge in [-0.15, -0.1) is 0 Å². The molecule has 0 saturated heterocycles. The number of hydrogen-bond donors (Lipinski definition) is 2. The fourth-order valence-corrected chi connectivity index (χ4v) is 3.64. The molecule has 28 heavy (non-hydrogen) atoms. The van der Waals surface area contributed by atoms with Gasteiger partial charge in [0, 0.05) is 25.9 Å². The van der Waals surface area contributed by atoms with Crippen molar-refractivity contribution in [3.05, 3.63) is 35.7 Å². The average molecular weight is 382 g/mol. The average Bonchev–Trinajstić information content (AvgIpc) is 3.11. The number of fused-ring (bicyclic) bond motifs is 2. The maximum atomic E-state index is 9.23. The first-order chi connectivity index (χ1) is 13.6. The van der Waals surface area contributed by atoms with Crippen molar-refractivity contribution in [1.29, 1.82) is 0 Å². The zero-order valence-corrected chi connectivity index (χ0v) is 16.5. The lowest BCUT2D eigenvalue weighted by molar-refractivity contribution is 0.259. The van der Waals surface area contributed by atoms with E-state index >= 15 is 0 Å². The molecule has 1 atom stereocenters. The van der Waals surface area contributed by atoms with Gasteiger partial charge in [0.15, 0.2) is 5.65 Å². The van der Waals surface area contributed by atoms with E-state index in [9.17, 15) is 5.11 Å². The summed E-state index contributed by atoms with van der Waals surface area (Å²) in [6, 6.07) is 4.29. The van der Waals surface area contributed by atoms with Gasteiger partial charge in [-0.1, -0.05) is 0 Å². The molecule has 0 fully saturated rings. The summed E-state index contributed by atoms with van der Waals surface area (Å²) in [6.07, 6.45) is 5.16. The van der Waals surface area contributed by atoms with Crippen molar-refractivity contribution in [3.8, 4) is 5.75 Å². The lowest BCUT2D eigenvalue weighted by atomic mass is 9.99. The Morgan fingerprint density at radius 3 is 2.93 bits per heavy atom. The fraction of sp³-hybridized carbons (Fsp3) is 0.450. The van der Waals surface area contributed by atoms with Crippen molar-refractivity contribution in [2.24, 2.45) is 0 Å². The largest absolute Gasteiger partial charge is 0.495 e. The van der Waals surface area contributed by atoms with Crippen LogP contribution >= 0.6 is 0 Å². The molecule has 1 unspecified atom stereocenters. The molecule has 148 valence electrons. The quantitative estimate of drug-likeness (QED) is 0.677. The van der Waals surface area contributed by atoms with Crippen LogP contribution in [0.5, 0.6) is 5.75 Å². The third-order valence-corrected chi connectivity index (χ3v) is 5.27. The second-order valence-corrected chi connectivity index (χ2v) is 7.36. The normalized spacial score (nSPS) is 15.4. The second-order valence-electron chi connectivity index (χ2n) is 7.36. The Kier molecular flexibility index (Phi) is 5.15. The highest BCUT2D eigenvalue weighted by molar-refractivity contribution is 5.76. The van der Waals surface area contributed by atoms with Crippen LogP contribution in [-0.4, -0.2) is 57.1 Å². The fourth-order valence-electron chi connectivity index (χ4n) is 3.64. The number of benzene rings is 1. The third-order valence-electron chi connectivity index (χ3n) is 5.27. The molecule has 1 aliphatic heterocycles. The molecule has 2 N–H and O–H groups in total. The highest BCUT2D eigenvalue weighted by atomic mass is 16.5. The number of nitrogens with zero attached hydrogens (tertiary/aromatic N) is 5. The first-order valence-corrected chi connectivity index (χ1v) is 9.55. The number of ether oxygens (including phenoxy) is 1. The smallest absolute Gasteiger partial charge is 0.229 e. The van der Waals surface area contributed by atoms with Crippen LogP contribution in [0.3, 0.4) is 0 Å². The molecule has 8 heteroatoms. The molecule has 0 bridgehead atoms. The van der Waals surface area contributed by atoms with Crippen LogP contribution < -0.4 is 10.1 Å². The van der Waals surface area contributed by atoms with E-state index in [4.69, 9.17) is 4.74 Å². The number of aromatic nitrogens is 4. The minimum atomic E-state index is 0.0547. The Morgan fingerprint density at radius 1 is 1.29 bits per heavy atom. The van der Waals surface area contributed by atoms with Crippen molar-refractivity contribution >= 4 is 22.7 Å². The van der Waals surface area contributed by atoms with Crippen LogP contribution in [0.25, 0.3) is 11.0 Å². The summed E-state index contributed by atoms with van der Waals surface area (Å²) >= 11 is 0. The molecule has 1 aromatic carbocycles. The molecular formula is C20H26N6O2. The molecule has 3 heterocycles. The van der Waals surface area contributed by atoms with Crippen LogP contribution in [0.2, 0.25) is 0 Å². The van der Waals surface area contributed by atoms with Crippen LogP contribution in [0, 0.1) is 0 Å². The van der Waals surface area contributed by atoms with Gasteiger partial charge in [-0.3, -0.25) is 0 Å². The summed E-state index contributed by atoms with van der Waals surface area (Å²) in [5.74, 6) is 1.28. The Labute approximate surface area is 164 Å². The zero-order chi connectivity index (χ0) is 19.7. The molecule has 3 aromatic rings. The van der Waals surface area contributed by atoms with Gasteiger partial charge >= 0.3 is 0 Å². The van der Waals surface area contributed by atoms with Gasteiger partial charge in [0.25, 0.3) is 0 Å². The first kappa shape index (κ1) is 18.6. The number of aliphatic hydroxyl groups excluding tert-OH is 1. The lowest BCUT2D eigenvalue weighted by Gasteiger charge is -2.26. The summed E-state index contributed by atoms with van der Waals surface area (Å²) in [5, 5.41) is 17.8. The van der Waals surface area contributed by atoms with Crippen molar-refractivity contribution < 1.29 is 9.84 Å². The molecule has 8 nitrogen and oxygen atoms in total. The Morgan fingerprint density at radius 2 is 2.14 bits per heavy atom. The Balaban J connectivity index is 1.68. The van der Waals surface area contributed by atoms with Gasteiger partial charge < -0.3 is 20.1 Å². The summed E-state index contributed by atoms with van der Waals surface area (Å²) in [5.41, 5.74) is 4.22. The highest BCUT2D eigenvalue weighted by Gasteiger charge is 2.18. The summed E-state index contributed by atoms with van der Waals surface area (Å²) in [6.45, 7) is 4.10. The number of nitrogens with one attached hydrogen (secondary N) is 1. The van der Waals surface area contributed by atoms with Gasteiger partial charge in [-0.2, -0.15) is 10.1 Å². The van der Waals surface area contributed by atoms with E-state index < -0.39 is 0 Å². The standard InChI is InChI=1S/C20H26N6O2/c1-13(5-7-27)26-19-16(11-22-26)10-21-20(24-19)23-17-8-15-12-25(2)6-4-14(15)9-18(17)28-3/h8-11,13,27H,4-7,12H2,1-3H3,(H,21,23,24). The molecule has 0 saturated carbocycles. The minimum Gasteiger partial charge on any atom is -0.495 e. The maximum Gasteiger partial charge on any atom is 0.229 e. The van der Waals surface area contributed by atoms with Gasteiger partial charge in [-0.25, -0.2) is 9.67 Å². The molecule has 0 aliphatic carbocycles. The van der Waals surface area contributed by atoms with E-state index in [2.05, 4.69) is 44.5 Å². The number of methoxy groups -OCH3 is 1. The Bertz CT molecular complexity index is 986. The van der Waals surface area contributed by atoms with E-state index in [1.54, 1.807) is 19.5 Å². The summed E-state index contributed by atoms with van der Waals surface area (Å²) in [4.78, 5) is 11.4. The molecule has 0 amide bonds. The van der Waals surface area contributed by atoms with Crippen LogP contribution in [-0.2, 0) is 13.0 Å². The van der Waals surface area contributed by atoms with Gasteiger partial charge in [0.2, 0.25) is 5.95 Å². The molecule has 1 aliphatic rings. The Hall–Kier alpha value is -2.71. The number of likely N-dealkylation sites (N-methyl/N-ethyl adjacent to an activating group) is 1. The van der Waals surface area contributed by atoms with Gasteiger partial charge in [0.05, 0.1) is 30.4 Å². The topological polar surface area (TPSA) is 88.3 Å². The lowest BCUT2D eigenvalue weighted by Crippen LogP contribution is -2.26. The first-order valence-electron chi connectivity index (χ1n) is 9.55. The molecule has 0 radical (unpaired) electrons. The molecule has 2 aromatic heterocycles. The van der Waals surface area contributed by atoms with Crippen molar-refractivity contribution in [1.82, 2.24) is 24.6 Å². The third kappa shape index (κ3) is 3.53. The molecular weight excluding hydrogens is 356 g/mol. The highest BCUT2D eigenvalue weighted by Crippen LogP contribution is 2.33. The van der Waals surface area contributed by atoms with E-state index in [0.29, 0.717) is 12.4 Å². The van der Waals surface area contributed by atoms with Crippen molar-refractivity contribution in [2.75, 3.05) is 32.6 Å². The van der Waals surface area contributed by atoms with E-state index in [1.807, 2.05) is 11.6 Å².